The third-order valence-corrected chi connectivity index (χ3v) is 4.49. The van der Waals surface area contributed by atoms with Gasteiger partial charge in [0.2, 0.25) is 0 Å². The van der Waals surface area contributed by atoms with E-state index in [1.165, 1.54) is 0 Å². The fourth-order valence-corrected chi connectivity index (χ4v) is 3.07. The molecule has 2 atom stereocenters. The Labute approximate surface area is 197 Å². The van der Waals surface area contributed by atoms with E-state index >= 15 is 0 Å². The standard InChI is InChI=1S/C25H38N2O6/c1-17-10-12-18(13-11-17)14-15-20-19(16-30-25(8,9)31-20)27(22(29)33-24(5,6)7)26-21(28)32-23(2,3)4/h10-15,19-20H,16H2,1-9H3,(H,26,28)/b15-14+/t19?,20-/m1/s1. The lowest BCUT2D eigenvalue weighted by Gasteiger charge is -2.44. The number of nitrogens with one attached hydrogen (secondary N) is 1. The molecular weight excluding hydrogens is 424 g/mol. The smallest absolute Gasteiger partial charge is 0.429 e. The van der Waals surface area contributed by atoms with Crippen molar-refractivity contribution in [3.8, 4) is 0 Å². The summed E-state index contributed by atoms with van der Waals surface area (Å²) in [5.41, 5.74) is 3.16. The molecular formula is C25H38N2O6. The van der Waals surface area contributed by atoms with E-state index in [9.17, 15) is 9.59 Å². The summed E-state index contributed by atoms with van der Waals surface area (Å²) >= 11 is 0. The first-order valence-electron chi connectivity index (χ1n) is 11.1. The van der Waals surface area contributed by atoms with Crippen LogP contribution in [0.25, 0.3) is 6.08 Å². The number of hydrogen-bond donors (Lipinski definition) is 1. The first-order valence-corrected chi connectivity index (χ1v) is 11.1. The van der Waals surface area contributed by atoms with Crippen LogP contribution in [-0.4, -0.2) is 52.9 Å². The molecule has 1 aromatic carbocycles. The summed E-state index contributed by atoms with van der Waals surface area (Å²) in [4.78, 5) is 25.6. The van der Waals surface area contributed by atoms with Crippen LogP contribution in [0.2, 0.25) is 0 Å². The molecule has 0 spiro atoms. The minimum Gasteiger partial charge on any atom is -0.443 e. The van der Waals surface area contributed by atoms with Crippen molar-refractivity contribution in [3.63, 3.8) is 0 Å². The monoisotopic (exact) mass is 462 g/mol. The molecule has 8 nitrogen and oxygen atoms in total. The molecule has 1 saturated heterocycles. The molecule has 0 radical (unpaired) electrons. The fraction of sp³-hybridized carbons (Fsp3) is 0.600. The Bertz CT molecular complexity index is 849. The van der Waals surface area contributed by atoms with Crippen LogP contribution >= 0.6 is 0 Å². The molecule has 1 fully saturated rings. The highest BCUT2D eigenvalue weighted by molar-refractivity contribution is 5.75. The van der Waals surface area contributed by atoms with Gasteiger partial charge in [-0.05, 0) is 67.9 Å². The van der Waals surface area contributed by atoms with E-state index in [2.05, 4.69) is 5.43 Å². The molecule has 1 aliphatic rings. The van der Waals surface area contributed by atoms with Gasteiger partial charge in [-0.1, -0.05) is 42.0 Å². The summed E-state index contributed by atoms with van der Waals surface area (Å²) in [6.45, 7) is 16.2. The van der Waals surface area contributed by atoms with Gasteiger partial charge in [0.05, 0.1) is 6.61 Å². The highest BCUT2D eigenvalue weighted by atomic mass is 16.7. The Morgan fingerprint density at radius 2 is 1.64 bits per heavy atom. The normalized spacial score (nSPS) is 20.9. The number of amides is 2. The van der Waals surface area contributed by atoms with E-state index in [0.717, 1.165) is 16.1 Å². The molecule has 2 amide bonds. The summed E-state index contributed by atoms with van der Waals surface area (Å²) in [5, 5.41) is 1.10. The average molecular weight is 463 g/mol. The number of nitrogens with zero attached hydrogens (tertiary/aromatic N) is 1. The fourth-order valence-electron chi connectivity index (χ4n) is 3.07. The van der Waals surface area contributed by atoms with Crippen LogP contribution in [-0.2, 0) is 18.9 Å². The van der Waals surface area contributed by atoms with Gasteiger partial charge >= 0.3 is 12.2 Å². The van der Waals surface area contributed by atoms with Crippen LogP contribution in [0.4, 0.5) is 9.59 Å². The number of benzene rings is 1. The SMILES string of the molecule is Cc1ccc(/C=C/[C@H]2OC(C)(C)OCC2N(NC(=O)OC(C)(C)C)C(=O)OC(C)(C)C)cc1. The first-order chi connectivity index (χ1) is 15.0. The summed E-state index contributed by atoms with van der Waals surface area (Å²) < 4.78 is 22.8. The van der Waals surface area contributed by atoms with Crippen molar-refractivity contribution in [2.24, 2.45) is 0 Å². The van der Waals surface area contributed by atoms with Crippen LogP contribution in [0.5, 0.6) is 0 Å². The van der Waals surface area contributed by atoms with E-state index in [4.69, 9.17) is 18.9 Å². The van der Waals surface area contributed by atoms with Gasteiger partial charge in [-0.3, -0.25) is 0 Å². The molecule has 0 aliphatic carbocycles. The number of hydrogen-bond acceptors (Lipinski definition) is 6. The maximum Gasteiger partial charge on any atom is 0.429 e. The van der Waals surface area contributed by atoms with E-state index in [-0.39, 0.29) is 6.61 Å². The zero-order valence-corrected chi connectivity index (χ0v) is 21.2. The Morgan fingerprint density at radius 3 is 2.18 bits per heavy atom. The van der Waals surface area contributed by atoms with Gasteiger partial charge in [0.1, 0.15) is 23.3 Å². The maximum atomic E-state index is 13.1. The number of carbonyl (C=O) groups excluding carboxylic acids is 2. The molecule has 1 heterocycles. The number of ether oxygens (including phenoxy) is 4. The molecule has 8 heteroatoms. The third kappa shape index (κ3) is 9.06. The highest BCUT2D eigenvalue weighted by Crippen LogP contribution is 2.27. The van der Waals surface area contributed by atoms with Gasteiger partial charge in [0, 0.05) is 0 Å². The summed E-state index contributed by atoms with van der Waals surface area (Å²) in [6.07, 6.45) is 1.67. The third-order valence-electron chi connectivity index (χ3n) is 4.49. The maximum absolute atomic E-state index is 13.1. The molecule has 1 aliphatic heterocycles. The lowest BCUT2D eigenvalue weighted by atomic mass is 10.1. The van der Waals surface area contributed by atoms with E-state index < -0.39 is 41.3 Å². The summed E-state index contributed by atoms with van der Waals surface area (Å²) in [7, 11) is 0. The number of carbonyl (C=O) groups is 2. The lowest BCUT2D eigenvalue weighted by molar-refractivity contribution is -0.283. The molecule has 0 saturated carbocycles. The molecule has 1 N–H and O–H groups in total. The Balaban J connectivity index is 2.35. The zero-order valence-electron chi connectivity index (χ0n) is 21.2. The molecule has 0 bridgehead atoms. The van der Waals surface area contributed by atoms with Crippen molar-refractivity contribution < 1.29 is 28.5 Å². The lowest BCUT2D eigenvalue weighted by Crippen LogP contribution is -2.63. The van der Waals surface area contributed by atoms with Crippen molar-refractivity contribution in [2.45, 2.75) is 91.4 Å². The largest absolute Gasteiger partial charge is 0.443 e. The first kappa shape index (κ1) is 26.7. The van der Waals surface area contributed by atoms with Crippen LogP contribution in [0.1, 0.15) is 66.5 Å². The minimum atomic E-state index is -0.871. The van der Waals surface area contributed by atoms with Gasteiger partial charge in [-0.2, -0.15) is 0 Å². The molecule has 33 heavy (non-hydrogen) atoms. The van der Waals surface area contributed by atoms with Crippen molar-refractivity contribution in [2.75, 3.05) is 6.61 Å². The predicted molar refractivity (Wildman–Crippen MR) is 126 cm³/mol. The topological polar surface area (TPSA) is 86.3 Å². The van der Waals surface area contributed by atoms with Gasteiger partial charge in [-0.25, -0.2) is 20.0 Å². The molecule has 1 aromatic rings. The predicted octanol–water partition coefficient (Wildman–Crippen LogP) is 5.21. The van der Waals surface area contributed by atoms with Crippen LogP contribution in [0.15, 0.2) is 30.3 Å². The summed E-state index contributed by atoms with van der Waals surface area (Å²) in [5.74, 6) is -0.871. The zero-order chi connectivity index (χ0) is 25.0. The number of aryl methyl sites for hydroxylation is 1. The second kappa shape index (κ2) is 10.1. The Hall–Kier alpha value is -2.58. The Kier molecular flexibility index (Phi) is 8.19. The van der Waals surface area contributed by atoms with E-state index in [1.54, 1.807) is 55.4 Å². The molecule has 0 aromatic heterocycles. The van der Waals surface area contributed by atoms with Gasteiger partial charge < -0.3 is 18.9 Å². The summed E-state index contributed by atoms with van der Waals surface area (Å²) in [6, 6.07) is 7.33. The highest BCUT2D eigenvalue weighted by Gasteiger charge is 2.42. The van der Waals surface area contributed by atoms with Gasteiger partial charge in [0.15, 0.2) is 5.79 Å². The Morgan fingerprint density at radius 1 is 1.06 bits per heavy atom. The average Bonchev–Trinajstić information content (AvgIpc) is 2.63. The van der Waals surface area contributed by atoms with E-state index in [0.29, 0.717) is 0 Å². The van der Waals surface area contributed by atoms with Crippen molar-refractivity contribution >= 4 is 18.3 Å². The van der Waals surface area contributed by atoms with Crippen molar-refractivity contribution in [3.05, 3.63) is 41.5 Å². The van der Waals surface area contributed by atoms with Gasteiger partial charge in [0.25, 0.3) is 0 Å². The number of hydrazine groups is 1. The second-order valence-electron chi connectivity index (χ2n) is 10.6. The molecule has 184 valence electrons. The minimum absolute atomic E-state index is 0.116. The van der Waals surface area contributed by atoms with Gasteiger partial charge in [-0.15, -0.1) is 0 Å². The second-order valence-corrected chi connectivity index (χ2v) is 10.6. The number of rotatable bonds is 3. The quantitative estimate of drug-likeness (QED) is 0.621. The van der Waals surface area contributed by atoms with Crippen LogP contribution < -0.4 is 5.43 Å². The van der Waals surface area contributed by atoms with E-state index in [1.807, 2.05) is 43.3 Å². The van der Waals surface area contributed by atoms with Crippen molar-refractivity contribution in [1.82, 2.24) is 10.4 Å². The van der Waals surface area contributed by atoms with Crippen LogP contribution in [0.3, 0.4) is 0 Å². The van der Waals surface area contributed by atoms with Crippen LogP contribution in [0, 0.1) is 6.92 Å². The van der Waals surface area contributed by atoms with Crippen molar-refractivity contribution in [1.29, 1.82) is 0 Å². The molecule has 1 unspecified atom stereocenters. The molecule has 2 rings (SSSR count).